The number of ether oxygens (including phenoxy) is 1. The van der Waals surface area contributed by atoms with Crippen LogP contribution in [0, 0.1) is 0 Å². The van der Waals surface area contributed by atoms with E-state index < -0.39 is 0 Å². The molecule has 8 nitrogen and oxygen atoms in total. The van der Waals surface area contributed by atoms with Crippen LogP contribution in [0.15, 0.2) is 41.3 Å². The first-order valence-corrected chi connectivity index (χ1v) is 10.2. The average Bonchev–Trinajstić information content (AvgIpc) is 3.55. The minimum Gasteiger partial charge on any atom is -0.463 e. The van der Waals surface area contributed by atoms with Gasteiger partial charge in [-0.3, -0.25) is 0 Å². The monoisotopic (exact) mass is 392 g/mol. The number of aromatic nitrogens is 4. The van der Waals surface area contributed by atoms with Crippen LogP contribution in [0.3, 0.4) is 0 Å². The average molecular weight is 392 g/mol. The van der Waals surface area contributed by atoms with Gasteiger partial charge in [0.25, 0.3) is 0 Å². The smallest absolute Gasteiger partial charge is 0.225 e. The lowest BCUT2D eigenvalue weighted by atomic mass is 10.1. The maximum atomic E-state index is 5.67. The molecule has 150 valence electrons. The third-order valence-electron chi connectivity index (χ3n) is 5.36. The van der Waals surface area contributed by atoms with Gasteiger partial charge in [0.05, 0.1) is 18.1 Å². The second kappa shape index (κ2) is 8.16. The van der Waals surface area contributed by atoms with Crippen LogP contribution >= 0.6 is 0 Å². The molecule has 0 bridgehead atoms. The van der Waals surface area contributed by atoms with E-state index in [0.717, 1.165) is 49.7 Å². The van der Waals surface area contributed by atoms with E-state index in [4.69, 9.17) is 19.1 Å². The molecule has 2 aliphatic rings. The standard InChI is InChI=1S/C21H24N6O2/c1-2-10-27(9-1)21-22-8-7-17(25-21)16-14-24-20(23-13-15-5-3-11-28-15)26-19(16)18-6-4-12-29-18/h4,6-8,12,14-15H,1-3,5,9-11,13H2,(H,23,24,26). The number of hydrogen-bond acceptors (Lipinski definition) is 8. The Bertz CT molecular complexity index is 950. The fourth-order valence-electron chi connectivity index (χ4n) is 3.83. The van der Waals surface area contributed by atoms with E-state index in [9.17, 15) is 0 Å². The molecule has 1 atom stereocenters. The molecule has 0 radical (unpaired) electrons. The number of rotatable bonds is 6. The van der Waals surface area contributed by atoms with Gasteiger partial charge in [0.1, 0.15) is 5.69 Å². The van der Waals surface area contributed by atoms with Gasteiger partial charge in [0, 0.05) is 44.2 Å². The van der Waals surface area contributed by atoms with Crippen molar-refractivity contribution in [3.8, 4) is 22.7 Å². The summed E-state index contributed by atoms with van der Waals surface area (Å²) >= 11 is 0. The van der Waals surface area contributed by atoms with Gasteiger partial charge in [0.2, 0.25) is 11.9 Å². The summed E-state index contributed by atoms with van der Waals surface area (Å²) in [7, 11) is 0. The third-order valence-corrected chi connectivity index (χ3v) is 5.36. The summed E-state index contributed by atoms with van der Waals surface area (Å²) in [6, 6.07) is 5.65. The highest BCUT2D eigenvalue weighted by Crippen LogP contribution is 2.31. The molecule has 0 saturated carbocycles. The van der Waals surface area contributed by atoms with Crippen molar-refractivity contribution in [3.63, 3.8) is 0 Å². The van der Waals surface area contributed by atoms with Gasteiger partial charge in [-0.2, -0.15) is 0 Å². The van der Waals surface area contributed by atoms with E-state index in [1.165, 1.54) is 12.8 Å². The van der Waals surface area contributed by atoms with Crippen LogP contribution in [0.2, 0.25) is 0 Å². The molecule has 0 aromatic carbocycles. The molecular formula is C21H24N6O2. The summed E-state index contributed by atoms with van der Waals surface area (Å²) < 4.78 is 11.3. The Morgan fingerprint density at radius 1 is 1.10 bits per heavy atom. The molecule has 2 aliphatic heterocycles. The molecule has 8 heteroatoms. The fourth-order valence-corrected chi connectivity index (χ4v) is 3.83. The number of nitrogens with one attached hydrogen (secondary N) is 1. The van der Waals surface area contributed by atoms with Crippen molar-refractivity contribution in [3.05, 3.63) is 36.9 Å². The molecule has 3 aromatic heterocycles. The SMILES string of the molecule is c1coc(-c2nc(NCC3CCCO3)ncc2-c2ccnc(N3CCCC3)n2)c1. The highest BCUT2D eigenvalue weighted by atomic mass is 16.5. The summed E-state index contributed by atoms with van der Waals surface area (Å²) in [5.74, 6) is 2.00. The van der Waals surface area contributed by atoms with Crippen molar-refractivity contribution in [1.82, 2.24) is 19.9 Å². The van der Waals surface area contributed by atoms with E-state index >= 15 is 0 Å². The quantitative estimate of drug-likeness (QED) is 0.683. The molecule has 0 spiro atoms. The number of hydrogen-bond donors (Lipinski definition) is 1. The summed E-state index contributed by atoms with van der Waals surface area (Å²) in [6.07, 6.45) is 10.0. The zero-order valence-electron chi connectivity index (χ0n) is 16.3. The molecule has 5 heterocycles. The summed E-state index contributed by atoms with van der Waals surface area (Å²) in [4.78, 5) is 20.7. The molecule has 2 saturated heterocycles. The largest absolute Gasteiger partial charge is 0.463 e. The Morgan fingerprint density at radius 2 is 2.03 bits per heavy atom. The van der Waals surface area contributed by atoms with Gasteiger partial charge >= 0.3 is 0 Å². The summed E-state index contributed by atoms with van der Waals surface area (Å²) in [5.41, 5.74) is 2.33. The zero-order chi connectivity index (χ0) is 19.5. The maximum absolute atomic E-state index is 5.67. The van der Waals surface area contributed by atoms with Crippen molar-refractivity contribution in [2.75, 3.05) is 36.5 Å². The van der Waals surface area contributed by atoms with Gasteiger partial charge in [0.15, 0.2) is 5.76 Å². The zero-order valence-corrected chi connectivity index (χ0v) is 16.3. The van der Waals surface area contributed by atoms with Crippen LogP contribution in [0.25, 0.3) is 22.7 Å². The normalized spacial score (nSPS) is 19.0. The molecular weight excluding hydrogens is 368 g/mol. The van der Waals surface area contributed by atoms with Crippen LogP contribution in [0.4, 0.5) is 11.9 Å². The highest BCUT2D eigenvalue weighted by molar-refractivity contribution is 5.77. The third kappa shape index (κ3) is 3.93. The minimum atomic E-state index is 0.218. The molecule has 1 N–H and O–H groups in total. The Labute approximate surface area is 169 Å². The number of nitrogens with zero attached hydrogens (tertiary/aromatic N) is 5. The van der Waals surface area contributed by atoms with Gasteiger partial charge in [-0.05, 0) is 43.9 Å². The van der Waals surface area contributed by atoms with Crippen LogP contribution in [-0.4, -0.2) is 52.3 Å². The van der Waals surface area contributed by atoms with E-state index in [1.54, 1.807) is 18.7 Å². The highest BCUT2D eigenvalue weighted by Gasteiger charge is 2.20. The molecule has 2 fully saturated rings. The van der Waals surface area contributed by atoms with Crippen LogP contribution in [0.1, 0.15) is 25.7 Å². The molecule has 0 aliphatic carbocycles. The fraction of sp³-hybridized carbons (Fsp3) is 0.429. The van der Waals surface area contributed by atoms with E-state index in [1.807, 2.05) is 18.2 Å². The number of anilines is 2. The first kappa shape index (κ1) is 18.1. The lowest BCUT2D eigenvalue weighted by molar-refractivity contribution is 0.120. The van der Waals surface area contributed by atoms with Crippen LogP contribution < -0.4 is 10.2 Å². The van der Waals surface area contributed by atoms with Crippen molar-refractivity contribution in [2.45, 2.75) is 31.8 Å². The Balaban J connectivity index is 1.46. The molecule has 1 unspecified atom stereocenters. The van der Waals surface area contributed by atoms with Crippen molar-refractivity contribution < 1.29 is 9.15 Å². The van der Waals surface area contributed by atoms with Gasteiger partial charge in [-0.25, -0.2) is 19.9 Å². The van der Waals surface area contributed by atoms with E-state index in [-0.39, 0.29) is 6.10 Å². The second-order valence-electron chi connectivity index (χ2n) is 7.39. The summed E-state index contributed by atoms with van der Waals surface area (Å²) in [5, 5.41) is 3.29. The maximum Gasteiger partial charge on any atom is 0.225 e. The predicted molar refractivity (Wildman–Crippen MR) is 110 cm³/mol. The Hall–Kier alpha value is -3.00. The van der Waals surface area contributed by atoms with E-state index in [2.05, 4.69) is 20.2 Å². The molecule has 5 rings (SSSR count). The molecule has 3 aromatic rings. The van der Waals surface area contributed by atoms with Crippen molar-refractivity contribution in [2.24, 2.45) is 0 Å². The first-order chi connectivity index (χ1) is 14.4. The lowest BCUT2D eigenvalue weighted by Gasteiger charge is -2.16. The summed E-state index contributed by atoms with van der Waals surface area (Å²) in [6.45, 7) is 3.52. The molecule has 0 amide bonds. The first-order valence-electron chi connectivity index (χ1n) is 10.2. The Kier molecular flexibility index (Phi) is 5.08. The van der Waals surface area contributed by atoms with Gasteiger partial charge in [-0.1, -0.05) is 0 Å². The van der Waals surface area contributed by atoms with Gasteiger partial charge in [-0.15, -0.1) is 0 Å². The predicted octanol–water partition coefficient (Wildman–Crippen LogP) is 3.38. The van der Waals surface area contributed by atoms with Gasteiger partial charge < -0.3 is 19.4 Å². The van der Waals surface area contributed by atoms with Crippen molar-refractivity contribution in [1.29, 1.82) is 0 Å². The number of furan rings is 1. The van der Waals surface area contributed by atoms with Crippen LogP contribution in [0.5, 0.6) is 0 Å². The topological polar surface area (TPSA) is 89.2 Å². The van der Waals surface area contributed by atoms with Crippen molar-refractivity contribution >= 4 is 11.9 Å². The van der Waals surface area contributed by atoms with Crippen LogP contribution in [-0.2, 0) is 4.74 Å². The second-order valence-corrected chi connectivity index (χ2v) is 7.39. The minimum absolute atomic E-state index is 0.218. The van der Waals surface area contributed by atoms with E-state index in [0.29, 0.717) is 23.9 Å². The lowest BCUT2D eigenvalue weighted by Crippen LogP contribution is -2.20. The molecule has 29 heavy (non-hydrogen) atoms. The Morgan fingerprint density at radius 3 is 2.83 bits per heavy atom.